The Morgan fingerprint density at radius 3 is 2.65 bits per heavy atom. The number of nitrogens with one attached hydrogen (secondary N) is 1. The highest BCUT2D eigenvalue weighted by Crippen LogP contribution is 2.25. The molecule has 1 saturated heterocycles. The van der Waals surface area contributed by atoms with Gasteiger partial charge in [-0.3, -0.25) is 0 Å². The van der Waals surface area contributed by atoms with E-state index < -0.39 is 0 Å². The number of para-hydroxylation sites is 1. The molecule has 0 spiro atoms. The highest BCUT2D eigenvalue weighted by molar-refractivity contribution is 5.90. The van der Waals surface area contributed by atoms with Gasteiger partial charge in [-0.2, -0.15) is 4.98 Å². The number of fused-ring (bicyclic) bond motifs is 1. The number of benzene rings is 1. The van der Waals surface area contributed by atoms with Crippen LogP contribution in [0.3, 0.4) is 0 Å². The number of aromatic nitrogens is 2. The largest absolute Gasteiger partial charge is 0.395 e. The second-order valence-electron chi connectivity index (χ2n) is 4.73. The zero-order chi connectivity index (χ0) is 13.1. The molecule has 5 nitrogen and oxygen atoms in total. The van der Waals surface area contributed by atoms with Gasteiger partial charge in [0.15, 0.2) is 0 Å². The summed E-state index contributed by atoms with van der Waals surface area (Å²) in [5.74, 6) is 1.60. The quantitative estimate of drug-likeness (QED) is 0.904. The van der Waals surface area contributed by atoms with Gasteiger partial charge in [-0.15, -0.1) is 12.4 Å². The molecular weight excluding hydrogens is 276 g/mol. The smallest absolute Gasteiger partial charge is 0.227 e. The monoisotopic (exact) mass is 294 g/mol. The minimum Gasteiger partial charge on any atom is -0.395 e. The molecule has 1 aromatic carbocycles. The summed E-state index contributed by atoms with van der Waals surface area (Å²) in [4.78, 5) is 11.5. The molecule has 3 rings (SSSR count). The van der Waals surface area contributed by atoms with E-state index in [2.05, 4.69) is 20.2 Å². The number of aliphatic hydroxyl groups excluding tert-OH is 1. The van der Waals surface area contributed by atoms with Crippen molar-refractivity contribution in [1.29, 1.82) is 0 Å². The molecular formula is C14H19ClN4O. The van der Waals surface area contributed by atoms with E-state index in [4.69, 9.17) is 5.11 Å². The van der Waals surface area contributed by atoms with Gasteiger partial charge in [0, 0.05) is 25.0 Å². The number of rotatable bonds is 4. The molecule has 6 heteroatoms. The molecule has 0 unspecified atom stereocenters. The molecule has 2 heterocycles. The van der Waals surface area contributed by atoms with E-state index >= 15 is 0 Å². The first-order valence-electron chi connectivity index (χ1n) is 6.75. The predicted molar refractivity (Wildman–Crippen MR) is 83.8 cm³/mol. The summed E-state index contributed by atoms with van der Waals surface area (Å²) in [6.45, 7) is 2.65. The molecule has 0 amide bonds. The van der Waals surface area contributed by atoms with Gasteiger partial charge in [0.1, 0.15) is 5.82 Å². The van der Waals surface area contributed by atoms with Crippen LogP contribution < -0.4 is 10.2 Å². The van der Waals surface area contributed by atoms with E-state index in [0.29, 0.717) is 6.54 Å². The van der Waals surface area contributed by atoms with Crippen LogP contribution in [0.2, 0.25) is 0 Å². The number of nitrogens with zero attached hydrogens (tertiary/aromatic N) is 3. The van der Waals surface area contributed by atoms with Gasteiger partial charge in [0.05, 0.1) is 12.1 Å². The first-order chi connectivity index (χ1) is 9.38. The molecule has 108 valence electrons. The van der Waals surface area contributed by atoms with Crippen LogP contribution in [0.1, 0.15) is 12.8 Å². The Morgan fingerprint density at radius 2 is 1.90 bits per heavy atom. The lowest BCUT2D eigenvalue weighted by Gasteiger charge is -2.17. The Hall–Kier alpha value is -1.59. The summed E-state index contributed by atoms with van der Waals surface area (Å²) in [6.07, 6.45) is 2.41. The Kier molecular flexibility index (Phi) is 4.98. The van der Waals surface area contributed by atoms with Gasteiger partial charge in [-0.05, 0) is 25.0 Å². The average Bonchev–Trinajstić information content (AvgIpc) is 2.98. The minimum atomic E-state index is 0. The standard InChI is InChI=1S/C14H18N4O.ClH/c19-10-7-15-13-11-5-1-2-6-12(11)16-14(17-13)18-8-3-4-9-18;/h1-2,5-6,19H,3-4,7-10H2,(H,15,16,17);1H. The molecule has 1 aliphatic heterocycles. The van der Waals surface area contributed by atoms with Crippen molar-refractivity contribution in [2.75, 3.05) is 36.5 Å². The molecule has 20 heavy (non-hydrogen) atoms. The summed E-state index contributed by atoms with van der Waals surface area (Å²) in [7, 11) is 0. The lowest BCUT2D eigenvalue weighted by molar-refractivity contribution is 0.311. The predicted octanol–water partition coefficient (Wildman–Crippen LogP) is 2.06. The van der Waals surface area contributed by atoms with Crippen molar-refractivity contribution in [3.63, 3.8) is 0 Å². The van der Waals surface area contributed by atoms with E-state index in [1.54, 1.807) is 0 Å². The fourth-order valence-electron chi connectivity index (χ4n) is 2.43. The molecule has 0 saturated carbocycles. The van der Waals surface area contributed by atoms with Crippen molar-refractivity contribution in [3.8, 4) is 0 Å². The van der Waals surface area contributed by atoms with Crippen LogP contribution in [0.15, 0.2) is 24.3 Å². The molecule has 1 aliphatic rings. The first kappa shape index (κ1) is 14.8. The average molecular weight is 295 g/mol. The molecule has 0 atom stereocenters. The second-order valence-corrected chi connectivity index (χ2v) is 4.73. The summed E-state index contributed by atoms with van der Waals surface area (Å²) in [5.41, 5.74) is 0.944. The van der Waals surface area contributed by atoms with Gasteiger partial charge in [-0.1, -0.05) is 12.1 Å². The number of hydrogen-bond acceptors (Lipinski definition) is 5. The zero-order valence-electron chi connectivity index (χ0n) is 11.2. The maximum atomic E-state index is 8.96. The van der Waals surface area contributed by atoms with E-state index in [0.717, 1.165) is 35.8 Å². The summed E-state index contributed by atoms with van der Waals surface area (Å²) in [5, 5.41) is 13.1. The van der Waals surface area contributed by atoms with E-state index in [1.807, 2.05) is 24.3 Å². The van der Waals surface area contributed by atoms with Gasteiger partial charge in [0.2, 0.25) is 5.95 Å². The van der Waals surface area contributed by atoms with Crippen molar-refractivity contribution < 1.29 is 5.11 Å². The van der Waals surface area contributed by atoms with Crippen LogP contribution >= 0.6 is 12.4 Å². The van der Waals surface area contributed by atoms with E-state index in [9.17, 15) is 0 Å². The van der Waals surface area contributed by atoms with Crippen molar-refractivity contribution in [3.05, 3.63) is 24.3 Å². The normalized spacial score (nSPS) is 14.3. The Balaban J connectivity index is 0.00000147. The third kappa shape index (κ3) is 2.94. The summed E-state index contributed by atoms with van der Waals surface area (Å²) in [6, 6.07) is 7.97. The van der Waals surface area contributed by atoms with Crippen LogP contribution in [0, 0.1) is 0 Å². The van der Waals surface area contributed by atoms with E-state index in [-0.39, 0.29) is 19.0 Å². The van der Waals surface area contributed by atoms with Crippen LogP contribution in [0.4, 0.5) is 11.8 Å². The fourth-order valence-corrected chi connectivity index (χ4v) is 2.43. The summed E-state index contributed by atoms with van der Waals surface area (Å²) >= 11 is 0. The van der Waals surface area contributed by atoms with Gasteiger partial charge in [-0.25, -0.2) is 4.98 Å². The molecule has 2 N–H and O–H groups in total. The first-order valence-corrected chi connectivity index (χ1v) is 6.75. The van der Waals surface area contributed by atoms with Crippen LogP contribution in [-0.2, 0) is 0 Å². The third-order valence-corrected chi connectivity index (χ3v) is 3.38. The Morgan fingerprint density at radius 1 is 1.15 bits per heavy atom. The topological polar surface area (TPSA) is 61.3 Å². The molecule has 0 aliphatic carbocycles. The van der Waals surface area contributed by atoms with Crippen molar-refractivity contribution in [1.82, 2.24) is 9.97 Å². The number of anilines is 2. The zero-order valence-corrected chi connectivity index (χ0v) is 12.1. The van der Waals surface area contributed by atoms with Crippen molar-refractivity contribution >= 4 is 35.1 Å². The van der Waals surface area contributed by atoms with Crippen LogP contribution in [0.25, 0.3) is 10.9 Å². The van der Waals surface area contributed by atoms with Crippen molar-refractivity contribution in [2.45, 2.75) is 12.8 Å². The Bertz CT molecular complexity index is 572. The van der Waals surface area contributed by atoms with Crippen molar-refractivity contribution in [2.24, 2.45) is 0 Å². The maximum Gasteiger partial charge on any atom is 0.227 e. The summed E-state index contributed by atoms with van der Waals surface area (Å²) < 4.78 is 0. The molecule has 1 fully saturated rings. The number of aliphatic hydroxyl groups is 1. The SMILES string of the molecule is Cl.OCCNc1nc(N2CCCC2)nc2ccccc12. The van der Waals surface area contributed by atoms with Gasteiger partial charge in [0.25, 0.3) is 0 Å². The van der Waals surface area contributed by atoms with Crippen LogP contribution in [-0.4, -0.2) is 41.3 Å². The second kappa shape index (κ2) is 6.72. The highest BCUT2D eigenvalue weighted by Gasteiger charge is 2.17. The minimum absolute atomic E-state index is 0. The fraction of sp³-hybridized carbons (Fsp3) is 0.429. The third-order valence-electron chi connectivity index (χ3n) is 3.38. The van der Waals surface area contributed by atoms with Crippen LogP contribution in [0.5, 0.6) is 0 Å². The number of halogens is 1. The lowest BCUT2D eigenvalue weighted by atomic mass is 10.2. The van der Waals surface area contributed by atoms with Gasteiger partial charge >= 0.3 is 0 Å². The maximum absolute atomic E-state index is 8.96. The molecule has 1 aromatic heterocycles. The molecule has 0 radical (unpaired) electrons. The lowest BCUT2D eigenvalue weighted by Crippen LogP contribution is -2.21. The molecule has 0 bridgehead atoms. The molecule has 2 aromatic rings. The Labute approximate surface area is 124 Å². The highest BCUT2D eigenvalue weighted by atomic mass is 35.5. The number of hydrogen-bond donors (Lipinski definition) is 2. The van der Waals surface area contributed by atoms with E-state index in [1.165, 1.54) is 12.8 Å². The van der Waals surface area contributed by atoms with Gasteiger partial charge < -0.3 is 15.3 Å².